The molecular formula is C21H29P. The molecule has 0 heterocycles. The summed E-state index contributed by atoms with van der Waals surface area (Å²) in [4.78, 5) is 0. The molecular weight excluding hydrogens is 283 g/mol. The van der Waals surface area contributed by atoms with Crippen LogP contribution >= 0.6 is 7.92 Å². The number of hydrogen-bond donors (Lipinski definition) is 0. The molecule has 0 nitrogen and oxygen atoms in total. The highest BCUT2D eigenvalue weighted by molar-refractivity contribution is 7.67. The smallest absolute Gasteiger partial charge is 0.00879 e. The van der Waals surface area contributed by atoms with Gasteiger partial charge in [-0.1, -0.05) is 76.8 Å². The first kappa shape index (κ1) is 14.9. The van der Waals surface area contributed by atoms with Crippen LogP contribution in [0.4, 0.5) is 0 Å². The van der Waals surface area contributed by atoms with Gasteiger partial charge < -0.3 is 0 Å². The van der Waals surface area contributed by atoms with Gasteiger partial charge in [-0.3, -0.25) is 0 Å². The number of benzene rings is 1. The lowest BCUT2D eigenvalue weighted by Crippen LogP contribution is -2.27. The SMILES string of the molecule is C1=Cc2c(cccc2P(C2CCCCC2)C2CCCCC2)C1. The van der Waals surface area contributed by atoms with Crippen molar-refractivity contribution in [3.05, 3.63) is 35.4 Å². The molecule has 0 saturated heterocycles. The molecule has 0 aromatic heterocycles. The Labute approximate surface area is 137 Å². The molecule has 4 rings (SSSR count). The van der Waals surface area contributed by atoms with E-state index in [2.05, 4.69) is 30.4 Å². The molecule has 0 atom stereocenters. The molecule has 118 valence electrons. The van der Waals surface area contributed by atoms with Gasteiger partial charge in [-0.05, 0) is 59.9 Å². The summed E-state index contributed by atoms with van der Waals surface area (Å²) in [6, 6.07) is 7.21. The second kappa shape index (κ2) is 6.88. The average Bonchev–Trinajstić information content (AvgIpc) is 3.07. The van der Waals surface area contributed by atoms with Crippen LogP contribution in [0.5, 0.6) is 0 Å². The summed E-state index contributed by atoms with van der Waals surface area (Å²) in [6.07, 6.45) is 20.9. The Balaban J connectivity index is 1.70. The normalized spacial score (nSPS) is 23.1. The zero-order valence-corrected chi connectivity index (χ0v) is 14.7. The lowest BCUT2D eigenvalue weighted by molar-refractivity contribution is 0.487. The van der Waals surface area contributed by atoms with Crippen molar-refractivity contribution in [1.82, 2.24) is 0 Å². The molecule has 3 aliphatic carbocycles. The molecule has 3 aliphatic rings. The second-order valence-corrected chi connectivity index (χ2v) is 10.2. The molecule has 2 saturated carbocycles. The Morgan fingerprint density at radius 3 is 2.05 bits per heavy atom. The van der Waals surface area contributed by atoms with E-state index in [9.17, 15) is 0 Å². The highest BCUT2D eigenvalue weighted by Gasteiger charge is 2.33. The lowest BCUT2D eigenvalue weighted by atomic mass is 9.99. The Bertz CT molecular complexity index is 515. The van der Waals surface area contributed by atoms with E-state index in [4.69, 9.17) is 0 Å². The third-order valence-electron chi connectivity index (χ3n) is 6.01. The van der Waals surface area contributed by atoms with Crippen molar-refractivity contribution in [1.29, 1.82) is 0 Å². The molecule has 0 amide bonds. The van der Waals surface area contributed by atoms with E-state index in [0.29, 0.717) is 0 Å². The highest BCUT2D eigenvalue weighted by Crippen LogP contribution is 2.55. The zero-order valence-electron chi connectivity index (χ0n) is 13.8. The largest absolute Gasteiger partial charge is 0.0795 e. The predicted octanol–water partition coefficient (Wildman–Crippen LogP) is 6.03. The van der Waals surface area contributed by atoms with Crippen LogP contribution in [0.1, 0.15) is 75.3 Å². The van der Waals surface area contributed by atoms with Crippen molar-refractivity contribution in [3.63, 3.8) is 0 Å². The highest BCUT2D eigenvalue weighted by atomic mass is 31.1. The van der Waals surface area contributed by atoms with Gasteiger partial charge in [0, 0.05) is 0 Å². The Hall–Kier alpha value is -0.610. The predicted molar refractivity (Wildman–Crippen MR) is 99.5 cm³/mol. The van der Waals surface area contributed by atoms with E-state index in [0.717, 1.165) is 11.3 Å². The Morgan fingerprint density at radius 2 is 1.41 bits per heavy atom. The molecule has 0 spiro atoms. The third-order valence-corrected chi connectivity index (χ3v) is 9.56. The summed E-state index contributed by atoms with van der Waals surface area (Å²) < 4.78 is 0. The summed E-state index contributed by atoms with van der Waals surface area (Å²) >= 11 is 0. The molecule has 0 radical (unpaired) electrons. The van der Waals surface area contributed by atoms with E-state index < -0.39 is 0 Å². The van der Waals surface area contributed by atoms with Crippen LogP contribution in [0.2, 0.25) is 0 Å². The summed E-state index contributed by atoms with van der Waals surface area (Å²) in [5, 5.41) is 1.78. The van der Waals surface area contributed by atoms with E-state index in [1.165, 1.54) is 70.6 Å². The second-order valence-electron chi connectivity index (χ2n) is 7.45. The minimum Gasteiger partial charge on any atom is -0.0795 e. The minimum atomic E-state index is 0.0538. The molecule has 0 unspecified atom stereocenters. The molecule has 0 aliphatic heterocycles. The maximum atomic E-state index is 2.50. The van der Waals surface area contributed by atoms with Gasteiger partial charge in [0.1, 0.15) is 0 Å². The van der Waals surface area contributed by atoms with Crippen LogP contribution in [0, 0.1) is 0 Å². The van der Waals surface area contributed by atoms with Crippen molar-refractivity contribution < 1.29 is 0 Å². The van der Waals surface area contributed by atoms with Gasteiger partial charge in [0.25, 0.3) is 0 Å². The van der Waals surface area contributed by atoms with Gasteiger partial charge in [0.05, 0.1) is 0 Å². The zero-order chi connectivity index (χ0) is 14.8. The maximum absolute atomic E-state index is 2.50. The van der Waals surface area contributed by atoms with Crippen molar-refractivity contribution in [2.24, 2.45) is 0 Å². The summed E-state index contributed by atoms with van der Waals surface area (Å²) in [5.41, 5.74) is 5.26. The van der Waals surface area contributed by atoms with Crippen LogP contribution in [0.25, 0.3) is 6.08 Å². The van der Waals surface area contributed by atoms with Crippen LogP contribution in [0.15, 0.2) is 24.3 Å². The third kappa shape index (κ3) is 2.92. The average molecular weight is 312 g/mol. The van der Waals surface area contributed by atoms with E-state index in [-0.39, 0.29) is 7.92 Å². The van der Waals surface area contributed by atoms with Gasteiger partial charge in [-0.2, -0.15) is 0 Å². The minimum absolute atomic E-state index is 0.0538. The number of rotatable bonds is 3. The first-order valence-electron chi connectivity index (χ1n) is 9.50. The van der Waals surface area contributed by atoms with Crippen molar-refractivity contribution >= 4 is 19.3 Å². The van der Waals surface area contributed by atoms with Crippen LogP contribution < -0.4 is 5.30 Å². The standard InChI is InChI=1S/C21H29P/c1-3-11-18(12-4-1)22(19-13-5-2-6-14-19)21-16-8-10-17-9-7-15-20(17)21/h7-8,10,15-16,18-19H,1-6,9,11-14H2. The van der Waals surface area contributed by atoms with Crippen molar-refractivity contribution in [2.45, 2.75) is 81.9 Å². The number of hydrogen-bond acceptors (Lipinski definition) is 0. The molecule has 0 N–H and O–H groups in total. The fourth-order valence-electron chi connectivity index (χ4n) is 4.91. The van der Waals surface area contributed by atoms with Crippen LogP contribution in [-0.2, 0) is 6.42 Å². The Morgan fingerprint density at radius 1 is 0.773 bits per heavy atom. The number of allylic oxidation sites excluding steroid dienone is 1. The fourth-order valence-corrected chi connectivity index (χ4v) is 8.89. The van der Waals surface area contributed by atoms with E-state index in [1.54, 1.807) is 16.4 Å². The number of fused-ring (bicyclic) bond motifs is 1. The maximum Gasteiger partial charge on any atom is -0.00879 e. The molecule has 22 heavy (non-hydrogen) atoms. The summed E-state index contributed by atoms with van der Waals surface area (Å²) in [6.45, 7) is 0. The Kier molecular flexibility index (Phi) is 4.67. The van der Waals surface area contributed by atoms with E-state index >= 15 is 0 Å². The first-order valence-corrected chi connectivity index (χ1v) is 11.0. The monoisotopic (exact) mass is 312 g/mol. The van der Waals surface area contributed by atoms with Crippen molar-refractivity contribution in [3.8, 4) is 0 Å². The lowest BCUT2D eigenvalue weighted by Gasteiger charge is -2.39. The quantitative estimate of drug-likeness (QED) is 0.598. The van der Waals surface area contributed by atoms with Gasteiger partial charge in [-0.25, -0.2) is 0 Å². The molecule has 1 heteroatoms. The molecule has 1 aromatic carbocycles. The van der Waals surface area contributed by atoms with E-state index in [1.807, 2.05) is 0 Å². The van der Waals surface area contributed by atoms with Crippen LogP contribution in [0.3, 0.4) is 0 Å². The van der Waals surface area contributed by atoms with Gasteiger partial charge in [0.2, 0.25) is 0 Å². The van der Waals surface area contributed by atoms with Crippen molar-refractivity contribution in [2.75, 3.05) is 0 Å². The fraction of sp³-hybridized carbons (Fsp3) is 0.619. The summed E-state index contributed by atoms with van der Waals surface area (Å²) in [5.74, 6) is 0. The molecule has 1 aromatic rings. The molecule has 0 bridgehead atoms. The summed E-state index contributed by atoms with van der Waals surface area (Å²) in [7, 11) is 0.0538. The van der Waals surface area contributed by atoms with Gasteiger partial charge in [0.15, 0.2) is 0 Å². The van der Waals surface area contributed by atoms with Gasteiger partial charge >= 0.3 is 0 Å². The molecule has 2 fully saturated rings. The topological polar surface area (TPSA) is 0 Å². The van der Waals surface area contributed by atoms with Gasteiger partial charge in [-0.15, -0.1) is 0 Å². The van der Waals surface area contributed by atoms with Crippen LogP contribution in [-0.4, -0.2) is 11.3 Å². The first-order chi connectivity index (χ1) is 10.9.